The minimum atomic E-state index is 0.982. The van der Waals surface area contributed by atoms with Crippen molar-refractivity contribution >= 4 is 0 Å². The second-order valence-corrected chi connectivity index (χ2v) is 8.32. The van der Waals surface area contributed by atoms with Gasteiger partial charge in [-0.05, 0) is 71.6 Å². The van der Waals surface area contributed by atoms with Crippen LogP contribution in [0.2, 0.25) is 0 Å². The first-order valence-corrected chi connectivity index (χ1v) is 11.0. The van der Waals surface area contributed by atoms with Crippen LogP contribution in [0.1, 0.15) is 51.4 Å². The number of aryl methyl sites for hydroxylation is 2. The summed E-state index contributed by atoms with van der Waals surface area (Å²) in [6.45, 7) is 4.33. The molecule has 0 radical (unpaired) electrons. The van der Waals surface area contributed by atoms with E-state index in [1.165, 1.54) is 44.5 Å². The Balaban J connectivity index is 1.35. The minimum Gasteiger partial charge on any atom is -0.0613 e. The smallest absolute Gasteiger partial charge is 0.00258 e. The Hall–Kier alpha value is -3.12. The fourth-order valence-corrected chi connectivity index (χ4v) is 3.86. The Kier molecular flexibility index (Phi) is 6.44. The lowest BCUT2D eigenvalue weighted by molar-refractivity contribution is 1.11. The average molecular weight is 391 g/mol. The zero-order chi connectivity index (χ0) is 20.8. The van der Waals surface area contributed by atoms with E-state index in [4.69, 9.17) is 0 Å². The van der Waals surface area contributed by atoms with Crippen molar-refractivity contribution in [2.24, 2.45) is 0 Å². The maximum Gasteiger partial charge on any atom is -0.00258 e. The van der Waals surface area contributed by atoms with Gasteiger partial charge in [-0.15, -0.1) is 0 Å². The lowest BCUT2D eigenvalue weighted by Gasteiger charge is -2.07. The third-order valence-electron chi connectivity index (χ3n) is 5.82. The molecule has 0 saturated carbocycles. The zero-order valence-corrected chi connectivity index (χ0v) is 18.1. The average Bonchev–Trinajstić information content (AvgIpc) is 2.78. The fourth-order valence-electron chi connectivity index (χ4n) is 3.86. The van der Waals surface area contributed by atoms with Crippen molar-refractivity contribution in [2.45, 2.75) is 39.5 Å². The van der Waals surface area contributed by atoms with Gasteiger partial charge in [0.25, 0.3) is 0 Å². The van der Waals surface area contributed by atoms with Crippen molar-refractivity contribution in [3.8, 4) is 0 Å². The first-order valence-electron chi connectivity index (χ1n) is 11.0. The molecule has 0 unspecified atom stereocenters. The van der Waals surface area contributed by atoms with Gasteiger partial charge in [0.2, 0.25) is 0 Å². The molecular weight excluding hydrogens is 360 g/mol. The fraction of sp³-hybridized carbons (Fsp3) is 0.200. The standard InChI is InChI=1S/C30H30/c1-3-24-8-10-26(11-9-24)21-28-16-18-30(19-17-28)22-29-14-12-27(13-15-29)20-25-6-4-23(2)5-7-25/h4-19H,3,20-22H2,1-2H3. The molecule has 0 heterocycles. The van der Waals surface area contributed by atoms with Gasteiger partial charge in [-0.25, -0.2) is 0 Å². The van der Waals surface area contributed by atoms with Gasteiger partial charge in [0.1, 0.15) is 0 Å². The summed E-state index contributed by atoms with van der Waals surface area (Å²) in [4.78, 5) is 0. The highest BCUT2D eigenvalue weighted by molar-refractivity contribution is 5.35. The van der Waals surface area contributed by atoms with Crippen LogP contribution in [0, 0.1) is 6.92 Å². The van der Waals surface area contributed by atoms with Crippen LogP contribution < -0.4 is 0 Å². The number of hydrogen-bond acceptors (Lipinski definition) is 0. The first-order chi connectivity index (χ1) is 14.7. The molecule has 0 nitrogen and oxygen atoms in total. The highest BCUT2D eigenvalue weighted by Gasteiger charge is 2.01. The highest BCUT2D eigenvalue weighted by atomic mass is 14.1. The van der Waals surface area contributed by atoms with Crippen molar-refractivity contribution in [3.63, 3.8) is 0 Å². The Morgan fingerprint density at radius 2 is 0.600 bits per heavy atom. The Bertz CT molecular complexity index is 1050. The molecule has 0 aromatic heterocycles. The Morgan fingerprint density at radius 1 is 0.367 bits per heavy atom. The summed E-state index contributed by atoms with van der Waals surface area (Å²) >= 11 is 0. The van der Waals surface area contributed by atoms with Gasteiger partial charge in [-0.2, -0.15) is 0 Å². The molecule has 4 aromatic carbocycles. The molecule has 0 saturated heterocycles. The van der Waals surface area contributed by atoms with Crippen LogP contribution in [-0.4, -0.2) is 0 Å². The molecular formula is C30H30. The van der Waals surface area contributed by atoms with E-state index in [0.717, 1.165) is 25.7 Å². The van der Waals surface area contributed by atoms with E-state index in [2.05, 4.69) is 111 Å². The van der Waals surface area contributed by atoms with Gasteiger partial charge in [-0.3, -0.25) is 0 Å². The van der Waals surface area contributed by atoms with Gasteiger partial charge >= 0.3 is 0 Å². The van der Waals surface area contributed by atoms with Crippen LogP contribution in [0.4, 0.5) is 0 Å². The monoisotopic (exact) mass is 390 g/mol. The van der Waals surface area contributed by atoms with Crippen molar-refractivity contribution in [1.82, 2.24) is 0 Å². The van der Waals surface area contributed by atoms with Crippen LogP contribution in [0.5, 0.6) is 0 Å². The number of hydrogen-bond donors (Lipinski definition) is 0. The van der Waals surface area contributed by atoms with Gasteiger partial charge in [-0.1, -0.05) is 110 Å². The summed E-state index contributed by atoms with van der Waals surface area (Å²) < 4.78 is 0. The third-order valence-corrected chi connectivity index (χ3v) is 5.82. The molecule has 0 aliphatic rings. The molecule has 0 amide bonds. The van der Waals surface area contributed by atoms with E-state index in [-0.39, 0.29) is 0 Å². The van der Waals surface area contributed by atoms with E-state index in [1.807, 2.05) is 0 Å². The zero-order valence-electron chi connectivity index (χ0n) is 18.1. The molecule has 0 aliphatic heterocycles. The molecule has 0 spiro atoms. The molecule has 0 N–H and O–H groups in total. The van der Waals surface area contributed by atoms with E-state index < -0.39 is 0 Å². The van der Waals surface area contributed by atoms with Crippen LogP contribution in [-0.2, 0) is 25.7 Å². The topological polar surface area (TPSA) is 0 Å². The van der Waals surface area contributed by atoms with E-state index in [1.54, 1.807) is 0 Å². The largest absolute Gasteiger partial charge is 0.0613 e. The van der Waals surface area contributed by atoms with Gasteiger partial charge in [0.15, 0.2) is 0 Å². The Morgan fingerprint density at radius 3 is 0.867 bits per heavy atom. The van der Waals surface area contributed by atoms with Crippen LogP contribution in [0.15, 0.2) is 97.1 Å². The minimum absolute atomic E-state index is 0.982. The number of benzene rings is 4. The first kappa shape index (κ1) is 20.2. The van der Waals surface area contributed by atoms with Crippen molar-refractivity contribution in [2.75, 3.05) is 0 Å². The second-order valence-electron chi connectivity index (χ2n) is 8.32. The summed E-state index contributed by atoms with van der Waals surface area (Å²) in [5, 5.41) is 0. The molecule has 0 heteroatoms. The van der Waals surface area contributed by atoms with Gasteiger partial charge in [0.05, 0.1) is 0 Å². The Labute approximate surface area is 181 Å². The van der Waals surface area contributed by atoms with Crippen molar-refractivity contribution in [3.05, 3.63) is 142 Å². The molecule has 4 rings (SSSR count). The van der Waals surface area contributed by atoms with E-state index >= 15 is 0 Å². The summed E-state index contributed by atoms with van der Waals surface area (Å²) in [5.41, 5.74) is 10.9. The van der Waals surface area contributed by atoms with Gasteiger partial charge < -0.3 is 0 Å². The normalized spacial score (nSPS) is 10.9. The molecule has 150 valence electrons. The molecule has 0 atom stereocenters. The predicted octanol–water partition coefficient (Wildman–Crippen LogP) is 7.33. The van der Waals surface area contributed by atoms with E-state index in [0.29, 0.717) is 0 Å². The predicted molar refractivity (Wildman–Crippen MR) is 128 cm³/mol. The third kappa shape index (κ3) is 5.48. The molecule has 0 fully saturated rings. The lowest BCUT2D eigenvalue weighted by Crippen LogP contribution is -1.93. The second kappa shape index (κ2) is 9.59. The maximum atomic E-state index is 2.27. The lowest BCUT2D eigenvalue weighted by atomic mass is 9.98. The highest BCUT2D eigenvalue weighted by Crippen LogP contribution is 2.17. The van der Waals surface area contributed by atoms with Crippen LogP contribution in [0.25, 0.3) is 0 Å². The molecule has 0 bridgehead atoms. The quantitative estimate of drug-likeness (QED) is 0.310. The summed E-state index contributed by atoms with van der Waals surface area (Å²) in [7, 11) is 0. The van der Waals surface area contributed by atoms with Crippen LogP contribution >= 0.6 is 0 Å². The van der Waals surface area contributed by atoms with E-state index in [9.17, 15) is 0 Å². The SMILES string of the molecule is CCc1ccc(Cc2ccc(Cc3ccc(Cc4ccc(C)cc4)cc3)cc2)cc1. The molecule has 0 aliphatic carbocycles. The summed E-state index contributed by atoms with van der Waals surface area (Å²) in [6, 6.07) is 36.0. The summed E-state index contributed by atoms with van der Waals surface area (Å²) in [6.07, 6.45) is 4.07. The maximum absolute atomic E-state index is 2.27. The number of rotatable bonds is 7. The van der Waals surface area contributed by atoms with Gasteiger partial charge in [0, 0.05) is 0 Å². The molecule has 30 heavy (non-hydrogen) atoms. The van der Waals surface area contributed by atoms with Crippen molar-refractivity contribution < 1.29 is 0 Å². The van der Waals surface area contributed by atoms with Crippen molar-refractivity contribution in [1.29, 1.82) is 0 Å². The summed E-state index contributed by atoms with van der Waals surface area (Å²) in [5.74, 6) is 0. The van der Waals surface area contributed by atoms with Crippen LogP contribution in [0.3, 0.4) is 0 Å². The molecule has 4 aromatic rings.